The van der Waals surface area contributed by atoms with Gasteiger partial charge < -0.3 is 25.6 Å². The van der Waals surface area contributed by atoms with Crippen LogP contribution in [0.15, 0.2) is 10.6 Å². The lowest BCUT2D eigenvalue weighted by molar-refractivity contribution is -0.163. The van der Waals surface area contributed by atoms with Gasteiger partial charge in [-0.15, -0.1) is 0 Å². The molecule has 0 bridgehead atoms. The molecule has 1 saturated heterocycles. The Labute approximate surface area is 127 Å². The molecule has 2 rings (SSSR count). The number of carbonyl (C=O) groups excluding carboxylic acids is 1. The van der Waals surface area contributed by atoms with Gasteiger partial charge in [-0.2, -0.15) is 0 Å². The minimum absolute atomic E-state index is 0.0238. The number of aliphatic hydroxyl groups excluding tert-OH is 1. The maximum atomic E-state index is 12.1. The molecule has 2 heterocycles. The summed E-state index contributed by atoms with van der Waals surface area (Å²) in [4.78, 5) is 25.5. The Kier molecular flexibility index (Phi) is 4.92. The Morgan fingerprint density at radius 1 is 1.57 bits per heavy atom. The minimum atomic E-state index is -1.12. The van der Waals surface area contributed by atoms with Crippen molar-refractivity contribution in [3.63, 3.8) is 0 Å². The number of carboxylic acids is 1. The van der Waals surface area contributed by atoms with E-state index in [1.807, 2.05) is 6.92 Å². The van der Waals surface area contributed by atoms with Crippen molar-refractivity contribution in [2.45, 2.75) is 26.0 Å². The quantitative estimate of drug-likeness (QED) is 0.339. The van der Waals surface area contributed by atoms with Crippen molar-refractivity contribution in [2.24, 2.45) is 17.6 Å². The Bertz CT molecular complexity index is 479. The van der Waals surface area contributed by atoms with Gasteiger partial charge in [0, 0.05) is 17.4 Å². The van der Waals surface area contributed by atoms with Crippen LogP contribution in [0.2, 0.25) is 0 Å². The van der Waals surface area contributed by atoms with Gasteiger partial charge in [0.2, 0.25) is 5.91 Å². The topological polar surface area (TPSA) is 113 Å². The molecule has 7 nitrogen and oxygen atoms in total. The summed E-state index contributed by atoms with van der Waals surface area (Å²) >= 11 is 1.28. The minimum Gasteiger partial charge on any atom is -0.477 e. The van der Waals surface area contributed by atoms with E-state index < -0.39 is 18.0 Å². The van der Waals surface area contributed by atoms with E-state index in [9.17, 15) is 19.8 Å². The van der Waals surface area contributed by atoms with Gasteiger partial charge in [0.05, 0.1) is 30.6 Å². The second kappa shape index (κ2) is 6.35. The van der Waals surface area contributed by atoms with Crippen LogP contribution in [0.3, 0.4) is 0 Å². The van der Waals surface area contributed by atoms with Gasteiger partial charge in [0.1, 0.15) is 5.70 Å². The molecule has 1 amide bonds. The Morgan fingerprint density at radius 2 is 2.24 bits per heavy atom. The number of β-lactam (4-membered cyclic amide) rings is 1. The normalized spacial score (nSPS) is 29.4. The van der Waals surface area contributed by atoms with Crippen LogP contribution in [-0.2, 0) is 14.3 Å². The number of hydrogen-bond acceptors (Lipinski definition) is 6. The predicted octanol–water partition coefficient (Wildman–Crippen LogP) is -0.194. The van der Waals surface area contributed by atoms with Gasteiger partial charge in [-0.25, -0.2) is 4.79 Å². The average molecular weight is 316 g/mol. The Balaban J connectivity index is 2.18. The van der Waals surface area contributed by atoms with Crippen LogP contribution in [0, 0.1) is 11.8 Å². The van der Waals surface area contributed by atoms with E-state index in [4.69, 9.17) is 10.5 Å². The SMILES string of the molecule is CC(O)C1C(=O)N2C(C(=O)O)=C(SCOCCN)C(C)C12. The highest BCUT2D eigenvalue weighted by Crippen LogP contribution is 2.50. The summed E-state index contributed by atoms with van der Waals surface area (Å²) in [6, 6.07) is -0.277. The van der Waals surface area contributed by atoms with E-state index in [0.717, 1.165) is 0 Å². The van der Waals surface area contributed by atoms with Crippen LogP contribution in [0.25, 0.3) is 0 Å². The number of ether oxygens (including phenoxy) is 1. The summed E-state index contributed by atoms with van der Waals surface area (Å²) in [5.74, 6) is -1.81. The molecule has 0 aromatic heterocycles. The molecule has 0 aromatic rings. The Hall–Kier alpha value is -1.09. The fourth-order valence-electron chi connectivity index (χ4n) is 2.96. The number of carboxylic acid groups (broad SMARTS) is 1. The van der Waals surface area contributed by atoms with Gasteiger partial charge in [0.15, 0.2) is 0 Å². The number of nitrogens with two attached hydrogens (primary N) is 1. The summed E-state index contributed by atoms with van der Waals surface area (Å²) < 4.78 is 5.27. The van der Waals surface area contributed by atoms with Crippen LogP contribution in [0.4, 0.5) is 0 Å². The number of aliphatic hydroxyl groups is 1. The third kappa shape index (κ3) is 2.68. The van der Waals surface area contributed by atoms with E-state index in [1.165, 1.54) is 16.7 Å². The number of fused-ring (bicyclic) bond motifs is 1. The maximum Gasteiger partial charge on any atom is 0.353 e. The van der Waals surface area contributed by atoms with E-state index in [2.05, 4.69) is 0 Å². The van der Waals surface area contributed by atoms with Gasteiger partial charge >= 0.3 is 5.97 Å². The summed E-state index contributed by atoms with van der Waals surface area (Å²) in [6.45, 7) is 4.24. The number of carbonyl (C=O) groups is 2. The lowest BCUT2D eigenvalue weighted by Gasteiger charge is -2.46. The summed E-state index contributed by atoms with van der Waals surface area (Å²) in [7, 11) is 0. The van der Waals surface area contributed by atoms with Crippen molar-refractivity contribution in [3.8, 4) is 0 Å². The van der Waals surface area contributed by atoms with Crippen molar-refractivity contribution in [3.05, 3.63) is 10.6 Å². The lowest BCUT2D eigenvalue weighted by Crippen LogP contribution is -2.63. The number of hydrogen-bond donors (Lipinski definition) is 3. The number of aliphatic carboxylic acids is 1. The summed E-state index contributed by atoms with van der Waals surface area (Å²) in [6.07, 6.45) is -0.783. The molecule has 4 atom stereocenters. The molecule has 0 aliphatic carbocycles. The van der Waals surface area contributed by atoms with Gasteiger partial charge in [-0.3, -0.25) is 4.79 Å². The number of rotatable bonds is 7. The standard InChI is InChI=1S/C13H20N2O5S/c1-6-9-8(7(2)16)12(17)15(9)10(13(18)19)11(6)21-5-20-4-3-14/h6-9,16H,3-5,14H2,1-2H3,(H,18,19). The van der Waals surface area contributed by atoms with Crippen LogP contribution >= 0.6 is 11.8 Å². The molecule has 0 radical (unpaired) electrons. The zero-order chi connectivity index (χ0) is 15.7. The number of nitrogens with zero attached hydrogens (tertiary/aromatic N) is 1. The van der Waals surface area contributed by atoms with Crippen molar-refractivity contribution < 1.29 is 24.5 Å². The first-order chi connectivity index (χ1) is 9.91. The molecule has 2 aliphatic rings. The van der Waals surface area contributed by atoms with E-state index in [0.29, 0.717) is 24.0 Å². The van der Waals surface area contributed by atoms with E-state index in [-0.39, 0.29) is 23.6 Å². The molecule has 4 unspecified atom stereocenters. The molecule has 0 aromatic carbocycles. The number of thioether (sulfide) groups is 1. The first kappa shape index (κ1) is 16.3. The molecule has 118 valence electrons. The fraction of sp³-hybridized carbons (Fsp3) is 0.692. The Morgan fingerprint density at radius 3 is 2.76 bits per heavy atom. The second-order valence-electron chi connectivity index (χ2n) is 5.23. The molecule has 8 heteroatoms. The van der Waals surface area contributed by atoms with Crippen LogP contribution in [0.1, 0.15) is 13.8 Å². The molecular weight excluding hydrogens is 296 g/mol. The largest absolute Gasteiger partial charge is 0.477 e. The van der Waals surface area contributed by atoms with Crippen LogP contribution < -0.4 is 5.73 Å². The summed E-state index contributed by atoms with van der Waals surface area (Å²) in [5, 5.41) is 19.1. The van der Waals surface area contributed by atoms with E-state index >= 15 is 0 Å². The van der Waals surface area contributed by atoms with Crippen molar-refractivity contribution in [2.75, 3.05) is 19.1 Å². The molecule has 4 N–H and O–H groups in total. The highest BCUT2D eigenvalue weighted by molar-refractivity contribution is 8.03. The van der Waals surface area contributed by atoms with Gasteiger partial charge in [-0.1, -0.05) is 18.7 Å². The monoisotopic (exact) mass is 316 g/mol. The smallest absolute Gasteiger partial charge is 0.353 e. The van der Waals surface area contributed by atoms with Crippen molar-refractivity contribution >= 4 is 23.6 Å². The third-order valence-electron chi connectivity index (χ3n) is 3.87. The molecule has 0 spiro atoms. The summed E-state index contributed by atoms with van der Waals surface area (Å²) in [5.41, 5.74) is 5.35. The number of amides is 1. The van der Waals surface area contributed by atoms with Gasteiger partial charge in [0.25, 0.3) is 0 Å². The third-order valence-corrected chi connectivity index (χ3v) is 5.03. The van der Waals surface area contributed by atoms with E-state index in [1.54, 1.807) is 6.92 Å². The van der Waals surface area contributed by atoms with Crippen LogP contribution in [0.5, 0.6) is 0 Å². The zero-order valence-electron chi connectivity index (χ0n) is 12.0. The van der Waals surface area contributed by atoms with Crippen molar-refractivity contribution in [1.82, 2.24) is 4.90 Å². The predicted molar refractivity (Wildman–Crippen MR) is 77.1 cm³/mol. The highest BCUT2D eigenvalue weighted by atomic mass is 32.2. The molecule has 1 fully saturated rings. The first-order valence-corrected chi connectivity index (χ1v) is 7.79. The second-order valence-corrected chi connectivity index (χ2v) is 6.20. The fourth-order valence-corrected chi connectivity index (χ4v) is 4.02. The average Bonchev–Trinajstić information content (AvgIpc) is 2.64. The maximum absolute atomic E-state index is 12.1. The first-order valence-electron chi connectivity index (χ1n) is 6.81. The molecule has 21 heavy (non-hydrogen) atoms. The van der Waals surface area contributed by atoms with Gasteiger partial charge in [-0.05, 0) is 6.92 Å². The highest BCUT2D eigenvalue weighted by Gasteiger charge is 2.59. The zero-order valence-corrected chi connectivity index (χ0v) is 12.8. The van der Waals surface area contributed by atoms with Crippen molar-refractivity contribution in [1.29, 1.82) is 0 Å². The molecule has 2 aliphatic heterocycles. The molecule has 0 saturated carbocycles. The molecular formula is C13H20N2O5S. The van der Waals surface area contributed by atoms with Crippen LogP contribution in [-0.4, -0.2) is 58.2 Å². The lowest BCUT2D eigenvalue weighted by atomic mass is 9.79.